The molecule has 1 aromatic heterocycles. The minimum Gasteiger partial charge on any atom is -0.356 e. The zero-order chi connectivity index (χ0) is 18.4. The third-order valence-corrected chi connectivity index (χ3v) is 5.60. The van der Waals surface area contributed by atoms with Crippen LogP contribution in [-0.4, -0.2) is 52.7 Å². The summed E-state index contributed by atoms with van der Waals surface area (Å²) in [6, 6.07) is 0.591. The number of carbonyl (C=O) groups is 1. The summed E-state index contributed by atoms with van der Waals surface area (Å²) in [6.45, 7) is 11.6. The molecule has 1 amide bonds. The summed E-state index contributed by atoms with van der Waals surface area (Å²) in [5.41, 5.74) is 3.09. The molecule has 5 nitrogen and oxygen atoms in total. The van der Waals surface area contributed by atoms with Crippen molar-refractivity contribution < 1.29 is 4.79 Å². The van der Waals surface area contributed by atoms with E-state index in [9.17, 15) is 4.79 Å². The van der Waals surface area contributed by atoms with E-state index in [0.717, 1.165) is 35.2 Å². The van der Waals surface area contributed by atoms with E-state index in [1.54, 1.807) is 11.8 Å². The van der Waals surface area contributed by atoms with Gasteiger partial charge in [0.15, 0.2) is 5.16 Å². The zero-order valence-corrected chi connectivity index (χ0v) is 17.1. The molecule has 1 aliphatic heterocycles. The highest BCUT2D eigenvalue weighted by Gasteiger charge is 2.22. The summed E-state index contributed by atoms with van der Waals surface area (Å²) < 4.78 is 0. The van der Waals surface area contributed by atoms with Crippen LogP contribution in [-0.2, 0) is 11.2 Å². The highest BCUT2D eigenvalue weighted by atomic mass is 32.2. The first-order valence-corrected chi connectivity index (χ1v) is 10.5. The number of piperidine rings is 1. The molecule has 25 heavy (non-hydrogen) atoms. The van der Waals surface area contributed by atoms with Gasteiger partial charge in [-0.3, -0.25) is 4.79 Å². The van der Waals surface area contributed by atoms with Gasteiger partial charge in [-0.05, 0) is 71.2 Å². The number of thioether (sulfide) groups is 1. The lowest BCUT2D eigenvalue weighted by Crippen LogP contribution is -2.43. The molecular formula is C19H32N4OS. The van der Waals surface area contributed by atoms with Crippen molar-refractivity contribution in [2.75, 3.05) is 25.9 Å². The van der Waals surface area contributed by atoms with Gasteiger partial charge in [-0.1, -0.05) is 11.8 Å². The number of rotatable bonds is 7. The number of nitrogens with zero attached hydrogens (tertiary/aromatic N) is 3. The quantitative estimate of drug-likeness (QED) is 0.595. The van der Waals surface area contributed by atoms with Crippen molar-refractivity contribution in [3.8, 4) is 0 Å². The minimum absolute atomic E-state index is 0.134. The number of amides is 1. The maximum Gasteiger partial charge on any atom is 0.220 e. The molecule has 0 bridgehead atoms. The normalized spacial score (nSPS) is 18.6. The molecule has 1 N–H and O–H groups in total. The van der Waals surface area contributed by atoms with Crippen LogP contribution in [0.25, 0.3) is 0 Å². The SMILES string of the molecule is CSc1nc(C)c(CCC(=O)NCC2CCCN(C(C)C)C2)c(C)n1. The first kappa shape index (κ1) is 20.2. The summed E-state index contributed by atoms with van der Waals surface area (Å²) in [7, 11) is 0. The van der Waals surface area contributed by atoms with Gasteiger partial charge in [-0.25, -0.2) is 9.97 Å². The van der Waals surface area contributed by atoms with E-state index in [1.807, 2.05) is 20.1 Å². The molecular weight excluding hydrogens is 332 g/mol. The van der Waals surface area contributed by atoms with Crippen molar-refractivity contribution in [3.05, 3.63) is 17.0 Å². The Morgan fingerprint density at radius 3 is 2.60 bits per heavy atom. The highest BCUT2D eigenvalue weighted by Crippen LogP contribution is 2.19. The van der Waals surface area contributed by atoms with Crippen molar-refractivity contribution in [2.45, 2.75) is 64.6 Å². The summed E-state index contributed by atoms with van der Waals surface area (Å²) in [6.07, 6.45) is 5.64. The summed E-state index contributed by atoms with van der Waals surface area (Å²) >= 11 is 1.55. The number of aromatic nitrogens is 2. The molecule has 2 rings (SSSR count). The third kappa shape index (κ3) is 5.96. The summed E-state index contributed by atoms with van der Waals surface area (Å²) in [4.78, 5) is 23.7. The lowest BCUT2D eigenvalue weighted by Gasteiger charge is -2.35. The summed E-state index contributed by atoms with van der Waals surface area (Å²) in [5, 5.41) is 3.93. The molecule has 0 aromatic carbocycles. The Bertz CT molecular complexity index is 568. The lowest BCUT2D eigenvalue weighted by molar-refractivity contribution is -0.121. The van der Waals surface area contributed by atoms with Gasteiger partial charge in [0.2, 0.25) is 5.91 Å². The van der Waals surface area contributed by atoms with Crippen molar-refractivity contribution in [3.63, 3.8) is 0 Å². The van der Waals surface area contributed by atoms with Crippen LogP contribution < -0.4 is 5.32 Å². The van der Waals surface area contributed by atoms with E-state index in [4.69, 9.17) is 0 Å². The van der Waals surface area contributed by atoms with E-state index in [2.05, 4.69) is 34.0 Å². The number of nitrogens with one attached hydrogen (secondary N) is 1. The molecule has 0 saturated carbocycles. The van der Waals surface area contributed by atoms with Crippen molar-refractivity contribution in [2.24, 2.45) is 5.92 Å². The Labute approximate surface area is 156 Å². The van der Waals surface area contributed by atoms with Crippen LogP contribution in [0.1, 0.15) is 50.1 Å². The molecule has 1 aliphatic rings. The van der Waals surface area contributed by atoms with Crippen LogP contribution in [0.3, 0.4) is 0 Å². The minimum atomic E-state index is 0.134. The predicted molar refractivity (Wildman–Crippen MR) is 104 cm³/mol. The van der Waals surface area contributed by atoms with Gasteiger partial charge >= 0.3 is 0 Å². The fraction of sp³-hybridized carbons (Fsp3) is 0.737. The second-order valence-corrected chi connectivity index (χ2v) is 8.03. The predicted octanol–water partition coefficient (Wildman–Crippen LogP) is 2.98. The van der Waals surface area contributed by atoms with Crippen molar-refractivity contribution in [1.29, 1.82) is 0 Å². The molecule has 1 unspecified atom stereocenters. The maximum atomic E-state index is 12.3. The zero-order valence-electron chi connectivity index (χ0n) is 16.3. The number of hydrogen-bond acceptors (Lipinski definition) is 5. The molecule has 140 valence electrons. The average molecular weight is 365 g/mol. The molecule has 2 heterocycles. The number of carbonyl (C=O) groups excluding carboxylic acids is 1. The van der Waals surface area contributed by atoms with Crippen LogP contribution in [0, 0.1) is 19.8 Å². The van der Waals surface area contributed by atoms with Gasteiger partial charge < -0.3 is 10.2 Å². The van der Waals surface area contributed by atoms with Gasteiger partial charge in [0.25, 0.3) is 0 Å². The Hall–Kier alpha value is -1.14. The fourth-order valence-electron chi connectivity index (χ4n) is 3.48. The maximum absolute atomic E-state index is 12.3. The van der Waals surface area contributed by atoms with Gasteiger partial charge in [0, 0.05) is 36.9 Å². The first-order chi connectivity index (χ1) is 11.9. The van der Waals surface area contributed by atoms with E-state index >= 15 is 0 Å². The van der Waals surface area contributed by atoms with Gasteiger partial charge in [0.1, 0.15) is 0 Å². The number of aryl methyl sites for hydroxylation is 2. The Morgan fingerprint density at radius 2 is 2.00 bits per heavy atom. The van der Waals surface area contributed by atoms with E-state index in [-0.39, 0.29) is 5.91 Å². The molecule has 1 fully saturated rings. The standard InChI is InChI=1S/C19H32N4OS/c1-13(2)23-10-6-7-16(12-23)11-20-18(24)9-8-17-14(3)21-19(25-5)22-15(17)4/h13,16H,6-12H2,1-5H3,(H,20,24). The number of likely N-dealkylation sites (tertiary alicyclic amines) is 1. The Balaban J connectivity index is 1.79. The van der Waals surface area contributed by atoms with E-state index in [1.165, 1.54) is 19.4 Å². The monoisotopic (exact) mass is 364 g/mol. The molecule has 1 aromatic rings. The summed E-state index contributed by atoms with van der Waals surface area (Å²) in [5.74, 6) is 0.710. The second kappa shape index (κ2) is 9.53. The molecule has 0 radical (unpaired) electrons. The van der Waals surface area contributed by atoms with Crippen molar-refractivity contribution >= 4 is 17.7 Å². The number of hydrogen-bond donors (Lipinski definition) is 1. The van der Waals surface area contributed by atoms with Crippen LogP contribution >= 0.6 is 11.8 Å². The van der Waals surface area contributed by atoms with Crippen LogP contribution in [0.2, 0.25) is 0 Å². The molecule has 6 heteroatoms. The Morgan fingerprint density at radius 1 is 1.32 bits per heavy atom. The largest absolute Gasteiger partial charge is 0.356 e. The second-order valence-electron chi connectivity index (χ2n) is 7.26. The first-order valence-electron chi connectivity index (χ1n) is 9.29. The van der Waals surface area contributed by atoms with Gasteiger partial charge in [0.05, 0.1) is 0 Å². The smallest absolute Gasteiger partial charge is 0.220 e. The van der Waals surface area contributed by atoms with E-state index < -0.39 is 0 Å². The van der Waals surface area contributed by atoms with Crippen molar-refractivity contribution in [1.82, 2.24) is 20.2 Å². The Kier molecular flexibility index (Phi) is 7.69. The molecule has 1 saturated heterocycles. The lowest BCUT2D eigenvalue weighted by atomic mass is 9.97. The van der Waals surface area contributed by atoms with E-state index in [0.29, 0.717) is 24.8 Å². The third-order valence-electron chi connectivity index (χ3n) is 5.05. The fourth-order valence-corrected chi connectivity index (χ4v) is 3.94. The van der Waals surface area contributed by atoms with Gasteiger partial charge in [-0.15, -0.1) is 0 Å². The highest BCUT2D eigenvalue weighted by molar-refractivity contribution is 7.98. The van der Waals surface area contributed by atoms with Crippen LogP contribution in [0.5, 0.6) is 0 Å². The molecule has 0 spiro atoms. The molecule has 1 atom stereocenters. The van der Waals surface area contributed by atoms with Crippen LogP contribution in [0.15, 0.2) is 5.16 Å². The molecule has 0 aliphatic carbocycles. The van der Waals surface area contributed by atoms with Crippen LogP contribution in [0.4, 0.5) is 0 Å². The average Bonchev–Trinajstić information content (AvgIpc) is 2.59. The topological polar surface area (TPSA) is 58.1 Å². The van der Waals surface area contributed by atoms with Gasteiger partial charge in [-0.2, -0.15) is 0 Å².